The van der Waals surface area contributed by atoms with Crippen molar-refractivity contribution >= 4 is 21.9 Å². The highest BCUT2D eigenvalue weighted by molar-refractivity contribution is 7.90. The lowest BCUT2D eigenvalue weighted by molar-refractivity contribution is 0.0600. The van der Waals surface area contributed by atoms with Gasteiger partial charge in [-0.1, -0.05) is 0 Å². The summed E-state index contributed by atoms with van der Waals surface area (Å²) >= 11 is 0. The van der Waals surface area contributed by atoms with Crippen LogP contribution in [0.3, 0.4) is 0 Å². The molecule has 2 aliphatic rings. The fraction of sp³-hybridized carbons (Fsp3) is 0.538. The largest absolute Gasteiger partial charge is 0.474 e. The molecule has 23 heavy (non-hydrogen) atoms. The van der Waals surface area contributed by atoms with Crippen molar-refractivity contribution in [2.75, 3.05) is 50.9 Å². The summed E-state index contributed by atoms with van der Waals surface area (Å²) in [5, 5.41) is 0. The molecule has 1 fully saturated rings. The maximum Gasteiger partial charge on any atom is 0.339 e. The maximum atomic E-state index is 12.9. The summed E-state index contributed by atoms with van der Waals surface area (Å²) in [6.45, 7) is 1.65. The third-order valence-electron chi connectivity index (χ3n) is 3.63. The average Bonchev–Trinajstić information content (AvgIpc) is 2.60. The van der Waals surface area contributed by atoms with Crippen LogP contribution in [-0.2, 0) is 19.7 Å². The zero-order chi connectivity index (χ0) is 16.4. The number of ether oxygens (including phenoxy) is 3. The Labute approximate surface area is 133 Å². The Balaban J connectivity index is 1.98. The molecule has 1 saturated heterocycles. The van der Waals surface area contributed by atoms with E-state index in [1.54, 1.807) is 0 Å². The highest BCUT2D eigenvalue weighted by Crippen LogP contribution is 2.33. The highest BCUT2D eigenvalue weighted by Gasteiger charge is 2.35. The molecule has 0 spiro atoms. The van der Waals surface area contributed by atoms with Crippen LogP contribution in [-0.4, -0.2) is 70.2 Å². The quantitative estimate of drug-likeness (QED) is 0.691. The van der Waals surface area contributed by atoms with Crippen LogP contribution in [0.25, 0.3) is 0 Å². The van der Waals surface area contributed by atoms with Gasteiger partial charge in [0.25, 0.3) is 0 Å². The molecule has 0 bridgehead atoms. The molecule has 3 heterocycles. The van der Waals surface area contributed by atoms with Gasteiger partial charge in [0.1, 0.15) is 12.3 Å². The van der Waals surface area contributed by atoms with Crippen LogP contribution in [0, 0.1) is 0 Å². The van der Waals surface area contributed by atoms with Crippen molar-refractivity contribution in [3.63, 3.8) is 0 Å². The first kappa shape index (κ1) is 16.0. The summed E-state index contributed by atoms with van der Waals surface area (Å²) in [6.07, 6.45) is 1.30. The van der Waals surface area contributed by atoms with Gasteiger partial charge in [-0.25, -0.2) is 14.1 Å². The third-order valence-corrected chi connectivity index (χ3v) is 5.58. The SMILES string of the molecule is COC(=O)c1cnc2c(c1)N(S(=O)(=O)N1CCOCC1)CCO2. The van der Waals surface area contributed by atoms with Crippen molar-refractivity contribution in [1.82, 2.24) is 9.29 Å². The van der Waals surface area contributed by atoms with Crippen LogP contribution < -0.4 is 9.04 Å². The van der Waals surface area contributed by atoms with Gasteiger partial charge in [0, 0.05) is 19.3 Å². The lowest BCUT2D eigenvalue weighted by atomic mass is 10.2. The number of morpholine rings is 1. The second-order valence-electron chi connectivity index (χ2n) is 4.98. The normalized spacial score (nSPS) is 18.9. The number of esters is 1. The van der Waals surface area contributed by atoms with Crippen molar-refractivity contribution < 1.29 is 27.4 Å². The number of carbonyl (C=O) groups excluding carboxylic acids is 1. The summed E-state index contributed by atoms with van der Waals surface area (Å²) in [6, 6.07) is 1.42. The molecular formula is C13H17N3O6S. The highest BCUT2D eigenvalue weighted by atomic mass is 32.2. The van der Waals surface area contributed by atoms with Gasteiger partial charge in [-0.15, -0.1) is 0 Å². The van der Waals surface area contributed by atoms with E-state index in [2.05, 4.69) is 9.72 Å². The molecule has 0 radical (unpaired) electrons. The number of aromatic nitrogens is 1. The van der Waals surface area contributed by atoms with Crippen LogP contribution in [0.2, 0.25) is 0 Å². The Morgan fingerprint density at radius 3 is 2.70 bits per heavy atom. The first-order valence-corrected chi connectivity index (χ1v) is 8.50. The molecular weight excluding hydrogens is 326 g/mol. The standard InChI is InChI=1S/C13H17N3O6S/c1-20-13(17)10-8-11-12(14-9-10)22-7-4-16(11)23(18,19)15-2-5-21-6-3-15/h8-9H,2-7H2,1H3. The smallest absolute Gasteiger partial charge is 0.339 e. The minimum Gasteiger partial charge on any atom is -0.474 e. The number of carbonyl (C=O) groups is 1. The van der Waals surface area contributed by atoms with E-state index in [1.165, 1.54) is 28.0 Å². The van der Waals surface area contributed by atoms with Gasteiger partial charge in [-0.2, -0.15) is 12.7 Å². The maximum absolute atomic E-state index is 12.9. The molecule has 0 N–H and O–H groups in total. The topological polar surface area (TPSA) is 98.3 Å². The first-order valence-electron chi connectivity index (χ1n) is 7.11. The Kier molecular flexibility index (Phi) is 4.37. The van der Waals surface area contributed by atoms with Gasteiger partial charge >= 0.3 is 16.2 Å². The molecule has 10 heteroatoms. The Hall–Kier alpha value is -1.91. The van der Waals surface area contributed by atoms with E-state index in [1.807, 2.05) is 0 Å². The molecule has 126 valence electrons. The zero-order valence-electron chi connectivity index (χ0n) is 12.6. The molecule has 3 rings (SSSR count). The lowest BCUT2D eigenvalue weighted by Gasteiger charge is -2.35. The van der Waals surface area contributed by atoms with Crippen LogP contribution in [0.5, 0.6) is 5.88 Å². The molecule has 9 nitrogen and oxygen atoms in total. The number of hydrogen-bond acceptors (Lipinski definition) is 7. The van der Waals surface area contributed by atoms with Crippen molar-refractivity contribution in [2.24, 2.45) is 0 Å². The summed E-state index contributed by atoms with van der Waals surface area (Å²) < 4.78 is 43.5. The first-order chi connectivity index (χ1) is 11.0. The third kappa shape index (κ3) is 2.96. The number of anilines is 1. The van der Waals surface area contributed by atoms with E-state index in [4.69, 9.17) is 9.47 Å². The summed E-state index contributed by atoms with van der Waals surface area (Å²) in [5.74, 6) is -0.407. The van der Waals surface area contributed by atoms with E-state index in [9.17, 15) is 13.2 Å². The molecule has 0 saturated carbocycles. The van der Waals surface area contributed by atoms with Crippen LogP contribution in [0.4, 0.5) is 5.69 Å². The molecule has 0 aliphatic carbocycles. The van der Waals surface area contributed by atoms with Crippen molar-refractivity contribution in [3.05, 3.63) is 17.8 Å². The van der Waals surface area contributed by atoms with Crippen LogP contribution >= 0.6 is 0 Å². The molecule has 1 aromatic rings. The monoisotopic (exact) mass is 343 g/mol. The fourth-order valence-corrected chi connectivity index (χ4v) is 4.04. The Bertz CT molecular complexity index is 702. The van der Waals surface area contributed by atoms with E-state index in [0.29, 0.717) is 26.3 Å². The van der Waals surface area contributed by atoms with Crippen LogP contribution in [0.15, 0.2) is 12.3 Å². The van der Waals surface area contributed by atoms with Gasteiger partial charge in [0.15, 0.2) is 0 Å². The van der Waals surface area contributed by atoms with E-state index >= 15 is 0 Å². The van der Waals surface area contributed by atoms with Gasteiger partial charge in [0.2, 0.25) is 5.88 Å². The minimum absolute atomic E-state index is 0.152. The van der Waals surface area contributed by atoms with Crippen LogP contribution in [0.1, 0.15) is 10.4 Å². The zero-order valence-corrected chi connectivity index (χ0v) is 13.4. The van der Waals surface area contributed by atoms with Gasteiger partial charge in [0.05, 0.1) is 32.4 Å². The minimum atomic E-state index is -3.73. The molecule has 0 aromatic carbocycles. The van der Waals surface area contributed by atoms with E-state index < -0.39 is 16.2 Å². The molecule has 0 amide bonds. The summed E-state index contributed by atoms with van der Waals surface area (Å²) in [7, 11) is -2.48. The number of rotatable bonds is 3. The Morgan fingerprint density at radius 1 is 1.26 bits per heavy atom. The van der Waals surface area contributed by atoms with E-state index in [0.717, 1.165) is 0 Å². The molecule has 2 aliphatic heterocycles. The van der Waals surface area contributed by atoms with Crippen molar-refractivity contribution in [2.45, 2.75) is 0 Å². The predicted octanol–water partition coefficient (Wildman–Crippen LogP) is -0.356. The second-order valence-corrected chi connectivity index (χ2v) is 6.83. The molecule has 1 aromatic heterocycles. The van der Waals surface area contributed by atoms with Gasteiger partial charge in [-0.05, 0) is 6.07 Å². The van der Waals surface area contributed by atoms with E-state index in [-0.39, 0.29) is 30.3 Å². The number of fused-ring (bicyclic) bond motifs is 1. The Morgan fingerprint density at radius 2 is 2.00 bits per heavy atom. The van der Waals surface area contributed by atoms with Gasteiger partial charge < -0.3 is 14.2 Å². The molecule has 0 atom stereocenters. The van der Waals surface area contributed by atoms with Crippen molar-refractivity contribution in [3.8, 4) is 5.88 Å². The number of methoxy groups -OCH3 is 1. The summed E-state index contributed by atoms with van der Waals surface area (Å²) in [4.78, 5) is 15.7. The lowest BCUT2D eigenvalue weighted by Crippen LogP contribution is -2.51. The number of hydrogen-bond donors (Lipinski definition) is 0. The fourth-order valence-electron chi connectivity index (χ4n) is 2.46. The van der Waals surface area contributed by atoms with Gasteiger partial charge in [-0.3, -0.25) is 0 Å². The van der Waals surface area contributed by atoms with Crippen molar-refractivity contribution in [1.29, 1.82) is 0 Å². The summed E-state index contributed by atoms with van der Waals surface area (Å²) in [5.41, 5.74) is 0.407. The second kappa shape index (κ2) is 6.30. The number of pyridine rings is 1. The average molecular weight is 343 g/mol. The molecule has 0 unspecified atom stereocenters. The number of nitrogens with zero attached hydrogens (tertiary/aromatic N) is 3. The predicted molar refractivity (Wildman–Crippen MR) is 79.7 cm³/mol.